The number of carbonyl (C=O) groups excluding carboxylic acids is 2. The molecule has 0 spiro atoms. The lowest BCUT2D eigenvalue weighted by atomic mass is 9.96. The largest absolute Gasteiger partial charge is 0.383 e. The van der Waals surface area contributed by atoms with Crippen LogP contribution >= 0.6 is 0 Å². The molecular formula is C19H26N2O3. The highest BCUT2D eigenvalue weighted by molar-refractivity contribution is 5.80. The van der Waals surface area contributed by atoms with Crippen molar-refractivity contribution in [1.29, 1.82) is 0 Å². The van der Waals surface area contributed by atoms with Crippen LogP contribution in [0, 0.1) is 0 Å². The zero-order chi connectivity index (χ0) is 16.9. The smallest absolute Gasteiger partial charge is 0.223 e. The third-order valence-corrected chi connectivity index (χ3v) is 5.21. The van der Waals surface area contributed by atoms with Gasteiger partial charge in [-0.1, -0.05) is 30.3 Å². The van der Waals surface area contributed by atoms with Crippen molar-refractivity contribution in [3.8, 4) is 0 Å². The number of likely N-dealkylation sites (tertiary alicyclic amines) is 2. The number of nitrogens with zero attached hydrogens (tertiary/aromatic N) is 2. The highest BCUT2D eigenvalue weighted by Crippen LogP contribution is 2.31. The molecule has 24 heavy (non-hydrogen) atoms. The van der Waals surface area contributed by atoms with Crippen LogP contribution in [0.2, 0.25) is 0 Å². The van der Waals surface area contributed by atoms with Gasteiger partial charge in [-0.25, -0.2) is 0 Å². The van der Waals surface area contributed by atoms with E-state index in [2.05, 4.69) is 12.1 Å². The predicted molar refractivity (Wildman–Crippen MR) is 91.5 cm³/mol. The van der Waals surface area contributed by atoms with Crippen LogP contribution in [0.15, 0.2) is 30.3 Å². The first-order valence-electron chi connectivity index (χ1n) is 8.82. The molecule has 0 radical (unpaired) electrons. The standard InChI is InChI=1S/C19H26N2O3/c1-24-14-13-21-17-11-12-20(16(17)8-10-19(21)23)18(22)9-7-15-5-3-2-4-6-15/h2-6,16-17H,7-14H2,1H3/t16-,17-/m1/s1. The summed E-state index contributed by atoms with van der Waals surface area (Å²) in [5, 5.41) is 0. The van der Waals surface area contributed by atoms with E-state index in [0.717, 1.165) is 25.8 Å². The number of ether oxygens (including phenoxy) is 1. The zero-order valence-electron chi connectivity index (χ0n) is 14.3. The van der Waals surface area contributed by atoms with E-state index in [9.17, 15) is 9.59 Å². The summed E-state index contributed by atoms with van der Waals surface area (Å²) >= 11 is 0. The predicted octanol–water partition coefficient (Wildman–Crippen LogP) is 1.86. The molecule has 0 aliphatic carbocycles. The van der Waals surface area contributed by atoms with Gasteiger partial charge in [0.15, 0.2) is 0 Å². The Bertz CT molecular complexity index is 575. The molecule has 0 N–H and O–H groups in total. The van der Waals surface area contributed by atoms with Gasteiger partial charge < -0.3 is 14.5 Å². The maximum absolute atomic E-state index is 12.7. The monoisotopic (exact) mass is 330 g/mol. The number of aryl methyl sites for hydroxylation is 1. The molecule has 2 amide bonds. The first-order valence-corrected chi connectivity index (χ1v) is 8.82. The fraction of sp³-hybridized carbons (Fsp3) is 0.579. The number of carbonyl (C=O) groups is 2. The van der Waals surface area contributed by atoms with Gasteiger partial charge in [-0.3, -0.25) is 9.59 Å². The number of hydrogen-bond donors (Lipinski definition) is 0. The quantitative estimate of drug-likeness (QED) is 0.800. The van der Waals surface area contributed by atoms with Gasteiger partial charge >= 0.3 is 0 Å². The molecule has 0 unspecified atom stereocenters. The number of rotatable bonds is 6. The zero-order valence-corrected chi connectivity index (χ0v) is 14.3. The van der Waals surface area contributed by atoms with E-state index >= 15 is 0 Å². The molecule has 5 heteroatoms. The summed E-state index contributed by atoms with van der Waals surface area (Å²) in [6.45, 7) is 1.94. The van der Waals surface area contributed by atoms with Gasteiger partial charge in [0.05, 0.1) is 18.7 Å². The van der Waals surface area contributed by atoms with Crippen molar-refractivity contribution in [1.82, 2.24) is 9.80 Å². The first-order chi connectivity index (χ1) is 11.7. The van der Waals surface area contributed by atoms with E-state index in [-0.39, 0.29) is 23.9 Å². The Labute approximate surface area is 143 Å². The van der Waals surface area contributed by atoms with Crippen molar-refractivity contribution in [3.63, 3.8) is 0 Å². The van der Waals surface area contributed by atoms with Crippen LogP contribution in [0.5, 0.6) is 0 Å². The Balaban J connectivity index is 1.59. The summed E-state index contributed by atoms with van der Waals surface area (Å²) in [4.78, 5) is 28.8. The molecule has 5 nitrogen and oxygen atoms in total. The number of fused-ring (bicyclic) bond motifs is 1. The summed E-state index contributed by atoms with van der Waals surface area (Å²) in [6.07, 6.45) is 3.54. The minimum Gasteiger partial charge on any atom is -0.383 e. The minimum atomic E-state index is 0.169. The van der Waals surface area contributed by atoms with Gasteiger partial charge in [-0.05, 0) is 24.8 Å². The van der Waals surface area contributed by atoms with E-state index in [1.807, 2.05) is 28.0 Å². The van der Waals surface area contributed by atoms with Gasteiger partial charge in [0, 0.05) is 33.0 Å². The first kappa shape index (κ1) is 17.0. The van der Waals surface area contributed by atoms with E-state index in [0.29, 0.717) is 26.0 Å². The van der Waals surface area contributed by atoms with Gasteiger partial charge in [0.25, 0.3) is 0 Å². The summed E-state index contributed by atoms with van der Waals surface area (Å²) in [5.74, 6) is 0.416. The topological polar surface area (TPSA) is 49.9 Å². The highest BCUT2D eigenvalue weighted by Gasteiger charge is 2.44. The van der Waals surface area contributed by atoms with Crippen LogP contribution in [0.4, 0.5) is 0 Å². The van der Waals surface area contributed by atoms with Crippen LogP contribution in [-0.2, 0) is 20.7 Å². The molecule has 2 heterocycles. The van der Waals surface area contributed by atoms with Gasteiger partial charge in [-0.15, -0.1) is 0 Å². The Morgan fingerprint density at radius 3 is 2.75 bits per heavy atom. The fourth-order valence-electron chi connectivity index (χ4n) is 3.98. The summed E-state index contributed by atoms with van der Waals surface area (Å²) in [5.41, 5.74) is 1.20. The molecule has 1 aromatic carbocycles. The molecule has 3 rings (SSSR count). The second-order valence-electron chi connectivity index (χ2n) is 6.61. The Kier molecular flexibility index (Phi) is 5.51. The van der Waals surface area contributed by atoms with E-state index in [1.165, 1.54) is 5.56 Å². The lowest BCUT2D eigenvalue weighted by molar-refractivity contribution is -0.142. The number of hydrogen-bond acceptors (Lipinski definition) is 3. The number of methoxy groups -OCH3 is 1. The molecule has 0 aromatic heterocycles. The van der Waals surface area contributed by atoms with Crippen molar-refractivity contribution in [2.24, 2.45) is 0 Å². The van der Waals surface area contributed by atoms with Crippen molar-refractivity contribution < 1.29 is 14.3 Å². The summed E-state index contributed by atoms with van der Waals surface area (Å²) in [6, 6.07) is 10.5. The Hall–Kier alpha value is -1.88. The molecular weight excluding hydrogens is 304 g/mol. The second-order valence-corrected chi connectivity index (χ2v) is 6.61. The fourth-order valence-corrected chi connectivity index (χ4v) is 3.98. The van der Waals surface area contributed by atoms with Crippen LogP contribution in [0.1, 0.15) is 31.2 Å². The van der Waals surface area contributed by atoms with Crippen molar-refractivity contribution in [2.75, 3.05) is 26.8 Å². The number of amides is 2. The third kappa shape index (κ3) is 3.61. The van der Waals surface area contributed by atoms with Gasteiger partial charge in [0.2, 0.25) is 11.8 Å². The van der Waals surface area contributed by atoms with E-state index in [1.54, 1.807) is 7.11 Å². The molecule has 2 atom stereocenters. The minimum absolute atomic E-state index is 0.169. The van der Waals surface area contributed by atoms with Crippen molar-refractivity contribution in [2.45, 2.75) is 44.2 Å². The number of piperidine rings is 1. The van der Waals surface area contributed by atoms with Crippen LogP contribution in [-0.4, -0.2) is 60.5 Å². The molecule has 0 saturated carbocycles. The summed E-state index contributed by atoms with van der Waals surface area (Å²) < 4.78 is 5.13. The molecule has 130 valence electrons. The lowest BCUT2D eigenvalue weighted by Crippen LogP contribution is -2.54. The van der Waals surface area contributed by atoms with Crippen LogP contribution in [0.3, 0.4) is 0 Å². The van der Waals surface area contributed by atoms with Gasteiger partial charge in [-0.2, -0.15) is 0 Å². The molecule has 1 aromatic rings. The molecule has 2 fully saturated rings. The van der Waals surface area contributed by atoms with Gasteiger partial charge in [0.1, 0.15) is 0 Å². The SMILES string of the molecule is COCCN1C(=O)CC[C@@H]2[C@H]1CCN2C(=O)CCc1ccccc1. The van der Waals surface area contributed by atoms with Crippen molar-refractivity contribution >= 4 is 11.8 Å². The maximum Gasteiger partial charge on any atom is 0.223 e. The van der Waals surface area contributed by atoms with Crippen LogP contribution < -0.4 is 0 Å². The highest BCUT2D eigenvalue weighted by atomic mass is 16.5. The Morgan fingerprint density at radius 1 is 1.21 bits per heavy atom. The summed E-state index contributed by atoms with van der Waals surface area (Å²) in [7, 11) is 1.65. The average molecular weight is 330 g/mol. The molecule has 2 aliphatic rings. The molecule has 2 aliphatic heterocycles. The van der Waals surface area contributed by atoms with E-state index in [4.69, 9.17) is 4.74 Å². The lowest BCUT2D eigenvalue weighted by Gasteiger charge is -2.39. The molecule has 0 bridgehead atoms. The molecule has 2 saturated heterocycles. The second kappa shape index (κ2) is 7.79. The Morgan fingerprint density at radius 2 is 2.00 bits per heavy atom. The maximum atomic E-state index is 12.7. The van der Waals surface area contributed by atoms with E-state index < -0.39 is 0 Å². The number of benzene rings is 1. The third-order valence-electron chi connectivity index (χ3n) is 5.21. The van der Waals surface area contributed by atoms with Crippen LogP contribution in [0.25, 0.3) is 0 Å². The van der Waals surface area contributed by atoms with Crippen molar-refractivity contribution in [3.05, 3.63) is 35.9 Å². The normalized spacial score (nSPS) is 23.5. The average Bonchev–Trinajstić information content (AvgIpc) is 3.04.